The number of nitrogens with one attached hydrogen (secondary N) is 2. The summed E-state index contributed by atoms with van der Waals surface area (Å²) >= 11 is 0. The van der Waals surface area contributed by atoms with Crippen LogP contribution in [0.5, 0.6) is 0 Å². The largest absolute Gasteiger partial charge is 0.356 e. The summed E-state index contributed by atoms with van der Waals surface area (Å²) in [6.45, 7) is 9.15. The highest BCUT2D eigenvalue weighted by atomic mass is 16.2. The van der Waals surface area contributed by atoms with Gasteiger partial charge in [0.1, 0.15) is 0 Å². The molecule has 0 heterocycles. The molecule has 0 spiro atoms. The van der Waals surface area contributed by atoms with Crippen molar-refractivity contribution in [3.05, 3.63) is 29.3 Å². The van der Waals surface area contributed by atoms with Crippen LogP contribution in [-0.4, -0.2) is 18.4 Å². The van der Waals surface area contributed by atoms with E-state index >= 15 is 0 Å². The van der Waals surface area contributed by atoms with Gasteiger partial charge in [0.2, 0.25) is 11.8 Å². The zero-order valence-corrected chi connectivity index (χ0v) is 16.0. The Kier molecular flexibility index (Phi) is 7.03. The van der Waals surface area contributed by atoms with Gasteiger partial charge in [-0.05, 0) is 69.1 Å². The molecule has 1 saturated carbocycles. The van der Waals surface area contributed by atoms with Crippen molar-refractivity contribution in [1.29, 1.82) is 0 Å². The van der Waals surface area contributed by atoms with E-state index in [0.29, 0.717) is 5.92 Å². The minimum atomic E-state index is 0.0135. The van der Waals surface area contributed by atoms with Crippen LogP contribution in [0.15, 0.2) is 18.2 Å². The molecule has 4 nitrogen and oxygen atoms in total. The summed E-state index contributed by atoms with van der Waals surface area (Å²) in [5, 5.41) is 6.11. The van der Waals surface area contributed by atoms with E-state index in [2.05, 4.69) is 24.5 Å². The second-order valence-electron chi connectivity index (χ2n) is 7.76. The monoisotopic (exact) mass is 344 g/mol. The van der Waals surface area contributed by atoms with Crippen LogP contribution in [0, 0.1) is 31.6 Å². The molecule has 2 N–H and O–H groups in total. The van der Waals surface area contributed by atoms with Gasteiger partial charge >= 0.3 is 0 Å². The van der Waals surface area contributed by atoms with Crippen LogP contribution >= 0.6 is 0 Å². The SMILES string of the molecule is Cc1cccc(NC(=O)C2CCC(C(=O)NCCC(C)C)CC2)c1C. The lowest BCUT2D eigenvalue weighted by Crippen LogP contribution is -2.36. The molecule has 0 bridgehead atoms. The van der Waals surface area contributed by atoms with E-state index in [-0.39, 0.29) is 23.7 Å². The molecule has 0 saturated heterocycles. The minimum Gasteiger partial charge on any atom is -0.356 e. The van der Waals surface area contributed by atoms with Gasteiger partial charge in [-0.1, -0.05) is 26.0 Å². The fourth-order valence-corrected chi connectivity index (χ4v) is 3.37. The van der Waals surface area contributed by atoms with Gasteiger partial charge < -0.3 is 10.6 Å². The first kappa shape index (κ1) is 19.5. The van der Waals surface area contributed by atoms with Crippen molar-refractivity contribution >= 4 is 17.5 Å². The number of rotatable bonds is 6. The quantitative estimate of drug-likeness (QED) is 0.812. The van der Waals surface area contributed by atoms with Gasteiger partial charge in [0.25, 0.3) is 0 Å². The molecular weight excluding hydrogens is 312 g/mol. The number of carbonyl (C=O) groups is 2. The second kappa shape index (κ2) is 9.02. The van der Waals surface area contributed by atoms with Crippen LogP contribution in [-0.2, 0) is 9.59 Å². The summed E-state index contributed by atoms with van der Waals surface area (Å²) in [6, 6.07) is 5.97. The van der Waals surface area contributed by atoms with Crippen molar-refractivity contribution in [3.63, 3.8) is 0 Å². The van der Waals surface area contributed by atoms with Gasteiger partial charge in [-0.2, -0.15) is 0 Å². The van der Waals surface area contributed by atoms with Crippen molar-refractivity contribution in [2.24, 2.45) is 17.8 Å². The van der Waals surface area contributed by atoms with E-state index in [4.69, 9.17) is 0 Å². The van der Waals surface area contributed by atoms with Crippen molar-refractivity contribution in [1.82, 2.24) is 5.32 Å². The van der Waals surface area contributed by atoms with Gasteiger partial charge in [-0.3, -0.25) is 9.59 Å². The molecule has 0 aromatic heterocycles. The molecule has 1 aliphatic carbocycles. The number of benzene rings is 1. The average molecular weight is 344 g/mol. The lowest BCUT2D eigenvalue weighted by atomic mass is 9.81. The summed E-state index contributed by atoms with van der Waals surface area (Å²) in [5.41, 5.74) is 3.20. The molecule has 0 radical (unpaired) electrons. The van der Waals surface area contributed by atoms with Crippen molar-refractivity contribution in [3.8, 4) is 0 Å². The molecule has 0 atom stereocenters. The molecular formula is C21H32N2O2. The molecule has 0 aliphatic heterocycles. The van der Waals surface area contributed by atoms with E-state index in [1.54, 1.807) is 0 Å². The van der Waals surface area contributed by atoms with Crippen LogP contribution in [0.25, 0.3) is 0 Å². The van der Waals surface area contributed by atoms with E-state index < -0.39 is 0 Å². The Labute approximate surface area is 151 Å². The first-order valence-electron chi connectivity index (χ1n) is 9.53. The van der Waals surface area contributed by atoms with Crippen molar-refractivity contribution < 1.29 is 9.59 Å². The molecule has 1 aromatic carbocycles. The Bertz CT molecular complexity index is 602. The normalized spacial score (nSPS) is 20.4. The van der Waals surface area contributed by atoms with Gasteiger partial charge in [0, 0.05) is 24.1 Å². The molecule has 2 rings (SSSR count). The Morgan fingerprint density at radius 1 is 1.04 bits per heavy atom. The van der Waals surface area contributed by atoms with E-state index in [1.807, 2.05) is 32.0 Å². The third kappa shape index (κ3) is 5.58. The highest BCUT2D eigenvalue weighted by molar-refractivity contribution is 5.93. The number of hydrogen-bond donors (Lipinski definition) is 2. The topological polar surface area (TPSA) is 58.2 Å². The molecule has 1 aliphatic rings. The first-order valence-corrected chi connectivity index (χ1v) is 9.53. The fraction of sp³-hybridized carbons (Fsp3) is 0.619. The van der Waals surface area contributed by atoms with Crippen LogP contribution in [0.1, 0.15) is 57.1 Å². The predicted octanol–water partition coefficient (Wildman–Crippen LogP) is 4.21. The van der Waals surface area contributed by atoms with Gasteiger partial charge in [-0.15, -0.1) is 0 Å². The molecule has 138 valence electrons. The summed E-state index contributed by atoms with van der Waals surface area (Å²) < 4.78 is 0. The Morgan fingerprint density at radius 2 is 1.64 bits per heavy atom. The van der Waals surface area contributed by atoms with E-state index in [1.165, 1.54) is 5.56 Å². The number of amides is 2. The molecule has 1 aromatic rings. The molecule has 25 heavy (non-hydrogen) atoms. The van der Waals surface area contributed by atoms with Gasteiger partial charge in [0.05, 0.1) is 0 Å². The van der Waals surface area contributed by atoms with Crippen LogP contribution in [0.3, 0.4) is 0 Å². The smallest absolute Gasteiger partial charge is 0.227 e. The van der Waals surface area contributed by atoms with Crippen LogP contribution < -0.4 is 10.6 Å². The Morgan fingerprint density at radius 3 is 2.24 bits per heavy atom. The Hall–Kier alpha value is -1.84. The molecule has 2 amide bonds. The predicted molar refractivity (Wildman–Crippen MR) is 102 cm³/mol. The number of anilines is 1. The molecule has 0 unspecified atom stereocenters. The number of aryl methyl sites for hydroxylation is 1. The van der Waals surface area contributed by atoms with Crippen LogP contribution in [0.4, 0.5) is 5.69 Å². The standard InChI is InChI=1S/C21H32N2O2/c1-14(2)12-13-22-20(24)17-8-10-18(11-9-17)21(25)23-19-7-5-6-15(3)16(19)4/h5-7,14,17-18H,8-13H2,1-4H3,(H,22,24)(H,23,25). The van der Waals surface area contributed by atoms with Crippen molar-refractivity contribution in [2.45, 2.75) is 59.8 Å². The highest BCUT2D eigenvalue weighted by Crippen LogP contribution is 2.30. The average Bonchev–Trinajstić information content (AvgIpc) is 2.58. The summed E-state index contributed by atoms with van der Waals surface area (Å²) in [4.78, 5) is 24.8. The minimum absolute atomic E-state index is 0.0135. The maximum absolute atomic E-state index is 12.5. The lowest BCUT2D eigenvalue weighted by molar-refractivity contribution is -0.128. The third-order valence-corrected chi connectivity index (χ3v) is 5.35. The lowest BCUT2D eigenvalue weighted by Gasteiger charge is -2.27. The van der Waals surface area contributed by atoms with Gasteiger partial charge in [0.15, 0.2) is 0 Å². The van der Waals surface area contributed by atoms with Crippen molar-refractivity contribution in [2.75, 3.05) is 11.9 Å². The fourth-order valence-electron chi connectivity index (χ4n) is 3.37. The second-order valence-corrected chi connectivity index (χ2v) is 7.76. The molecule has 4 heteroatoms. The van der Waals surface area contributed by atoms with Crippen LogP contribution in [0.2, 0.25) is 0 Å². The molecule has 1 fully saturated rings. The number of hydrogen-bond acceptors (Lipinski definition) is 2. The summed E-state index contributed by atoms with van der Waals surface area (Å²) in [6.07, 6.45) is 4.20. The highest BCUT2D eigenvalue weighted by Gasteiger charge is 2.30. The van der Waals surface area contributed by atoms with E-state index in [0.717, 1.165) is 49.9 Å². The summed E-state index contributed by atoms with van der Waals surface area (Å²) in [5.74, 6) is 0.933. The zero-order valence-electron chi connectivity index (χ0n) is 16.0. The summed E-state index contributed by atoms with van der Waals surface area (Å²) in [7, 11) is 0. The maximum atomic E-state index is 12.5. The Balaban J connectivity index is 1.80. The maximum Gasteiger partial charge on any atom is 0.227 e. The zero-order chi connectivity index (χ0) is 18.4. The first-order chi connectivity index (χ1) is 11.9. The van der Waals surface area contributed by atoms with E-state index in [9.17, 15) is 9.59 Å². The third-order valence-electron chi connectivity index (χ3n) is 5.35. The van der Waals surface area contributed by atoms with Gasteiger partial charge in [-0.25, -0.2) is 0 Å². The number of carbonyl (C=O) groups excluding carboxylic acids is 2.